The number of aromatic hydroxyl groups is 1. The van der Waals surface area contributed by atoms with Gasteiger partial charge in [0.1, 0.15) is 11.3 Å². The van der Waals surface area contributed by atoms with Crippen LogP contribution >= 0.6 is 15.9 Å². The number of phenols is 1. The third kappa shape index (κ3) is 4.88. The molecule has 3 aromatic carbocycles. The van der Waals surface area contributed by atoms with Crippen LogP contribution in [0.3, 0.4) is 0 Å². The van der Waals surface area contributed by atoms with Gasteiger partial charge in [0.2, 0.25) is 0 Å². The predicted molar refractivity (Wildman–Crippen MR) is 130 cm³/mol. The summed E-state index contributed by atoms with van der Waals surface area (Å²) in [6.45, 7) is 4.09. The number of carbonyl (C=O) groups is 3. The maximum absolute atomic E-state index is 13.2. The smallest absolute Gasteiger partial charge is 0.335 e. The number of phenolic OH excluding ortho intramolecular Hbond substituents is 1. The Morgan fingerprint density at radius 3 is 2.27 bits per heavy atom. The van der Waals surface area contributed by atoms with Crippen LogP contribution in [-0.4, -0.2) is 23.0 Å². The molecule has 166 valence electrons. The third-order valence-electron chi connectivity index (χ3n) is 5.29. The van der Waals surface area contributed by atoms with E-state index in [2.05, 4.69) is 39.4 Å². The summed E-state index contributed by atoms with van der Waals surface area (Å²) in [5.41, 5.74) is 5.17. The molecule has 0 atom stereocenters. The lowest BCUT2D eigenvalue weighted by molar-refractivity contribution is -0.122. The number of urea groups is 1. The first-order valence-corrected chi connectivity index (χ1v) is 11.1. The van der Waals surface area contributed by atoms with Crippen molar-refractivity contribution in [3.05, 3.63) is 98.5 Å². The van der Waals surface area contributed by atoms with Gasteiger partial charge >= 0.3 is 6.03 Å². The number of carbonyl (C=O) groups excluding carboxylic acids is 3. The molecule has 1 aliphatic heterocycles. The first-order chi connectivity index (χ1) is 15.7. The van der Waals surface area contributed by atoms with Crippen molar-refractivity contribution in [1.29, 1.82) is 0 Å². The average molecular weight is 505 g/mol. The van der Waals surface area contributed by atoms with Crippen molar-refractivity contribution in [3.8, 4) is 5.75 Å². The number of imide groups is 2. The number of benzene rings is 3. The van der Waals surface area contributed by atoms with Gasteiger partial charge in [-0.05, 0) is 79.4 Å². The molecule has 1 saturated heterocycles. The van der Waals surface area contributed by atoms with Crippen LogP contribution in [0.25, 0.3) is 6.08 Å². The Kier molecular flexibility index (Phi) is 6.16. The van der Waals surface area contributed by atoms with Crippen LogP contribution in [-0.2, 0) is 16.0 Å². The van der Waals surface area contributed by atoms with Gasteiger partial charge in [-0.25, -0.2) is 9.69 Å². The fourth-order valence-electron chi connectivity index (χ4n) is 3.90. The number of hydrogen-bond donors (Lipinski definition) is 2. The fourth-order valence-corrected chi connectivity index (χ4v) is 4.28. The van der Waals surface area contributed by atoms with Crippen LogP contribution in [0.5, 0.6) is 5.75 Å². The molecule has 2 N–H and O–H groups in total. The van der Waals surface area contributed by atoms with Crippen molar-refractivity contribution in [3.63, 3.8) is 0 Å². The molecule has 0 radical (unpaired) electrons. The number of nitrogens with zero attached hydrogens (tertiary/aromatic N) is 1. The first kappa shape index (κ1) is 22.5. The SMILES string of the molecule is Cc1cc(C)cc(Cc2ccc(Br)cc2/C=C2\C(=O)NC(=O)N(c3ccc(O)cc3)C2=O)c1. The van der Waals surface area contributed by atoms with Crippen molar-refractivity contribution in [2.45, 2.75) is 20.3 Å². The van der Waals surface area contributed by atoms with Gasteiger partial charge in [-0.3, -0.25) is 14.9 Å². The normalized spacial score (nSPS) is 15.2. The largest absolute Gasteiger partial charge is 0.508 e. The van der Waals surface area contributed by atoms with E-state index in [0.717, 1.165) is 31.6 Å². The Morgan fingerprint density at radius 2 is 1.61 bits per heavy atom. The summed E-state index contributed by atoms with van der Waals surface area (Å²) in [4.78, 5) is 39.1. The Morgan fingerprint density at radius 1 is 0.939 bits per heavy atom. The van der Waals surface area contributed by atoms with E-state index < -0.39 is 17.8 Å². The van der Waals surface area contributed by atoms with Crippen molar-refractivity contribution in [2.75, 3.05) is 4.90 Å². The Balaban J connectivity index is 1.74. The number of hydrogen-bond acceptors (Lipinski definition) is 4. The monoisotopic (exact) mass is 504 g/mol. The Hall–Kier alpha value is -3.71. The van der Waals surface area contributed by atoms with E-state index in [1.165, 1.54) is 30.3 Å². The summed E-state index contributed by atoms with van der Waals surface area (Å²) in [5, 5.41) is 11.7. The van der Waals surface area contributed by atoms with E-state index in [0.29, 0.717) is 12.0 Å². The summed E-state index contributed by atoms with van der Waals surface area (Å²) in [6.07, 6.45) is 2.13. The maximum Gasteiger partial charge on any atom is 0.335 e. The molecule has 7 heteroatoms. The summed E-state index contributed by atoms with van der Waals surface area (Å²) in [7, 11) is 0. The molecule has 0 spiro atoms. The average Bonchev–Trinajstić information content (AvgIpc) is 2.73. The van der Waals surface area contributed by atoms with Gasteiger partial charge in [-0.1, -0.05) is 51.3 Å². The minimum Gasteiger partial charge on any atom is -0.508 e. The molecule has 3 aromatic rings. The maximum atomic E-state index is 13.2. The Labute approximate surface area is 199 Å². The summed E-state index contributed by atoms with van der Waals surface area (Å²) in [5.74, 6) is -1.48. The highest BCUT2D eigenvalue weighted by Crippen LogP contribution is 2.27. The predicted octanol–water partition coefficient (Wildman–Crippen LogP) is 5.03. The third-order valence-corrected chi connectivity index (χ3v) is 5.79. The molecule has 33 heavy (non-hydrogen) atoms. The van der Waals surface area contributed by atoms with Gasteiger partial charge < -0.3 is 5.11 Å². The molecule has 0 unspecified atom stereocenters. The molecule has 0 aromatic heterocycles. The van der Waals surface area contributed by atoms with Crippen LogP contribution in [0, 0.1) is 13.8 Å². The van der Waals surface area contributed by atoms with Crippen LogP contribution < -0.4 is 10.2 Å². The van der Waals surface area contributed by atoms with Crippen molar-refractivity contribution in [1.82, 2.24) is 5.32 Å². The molecular weight excluding hydrogens is 484 g/mol. The van der Waals surface area contributed by atoms with Gasteiger partial charge in [0.15, 0.2) is 0 Å². The van der Waals surface area contributed by atoms with E-state index in [9.17, 15) is 19.5 Å². The molecular formula is C26H21BrN2O4. The Bertz CT molecular complexity index is 1290. The number of barbiturate groups is 1. The van der Waals surface area contributed by atoms with Gasteiger partial charge in [0.25, 0.3) is 11.8 Å². The molecule has 4 amide bonds. The summed E-state index contributed by atoms with van der Waals surface area (Å²) < 4.78 is 0.800. The van der Waals surface area contributed by atoms with Crippen LogP contribution in [0.1, 0.15) is 27.8 Å². The minimum atomic E-state index is -0.836. The number of rotatable bonds is 4. The quantitative estimate of drug-likeness (QED) is 0.385. The number of amides is 4. The molecule has 6 nitrogen and oxygen atoms in total. The number of nitrogens with one attached hydrogen (secondary N) is 1. The van der Waals surface area contributed by atoms with Gasteiger partial charge in [0.05, 0.1) is 5.69 Å². The van der Waals surface area contributed by atoms with Gasteiger partial charge in [-0.2, -0.15) is 0 Å². The lowest BCUT2D eigenvalue weighted by atomic mass is 9.95. The zero-order valence-corrected chi connectivity index (χ0v) is 19.6. The number of halogens is 1. The lowest BCUT2D eigenvalue weighted by Gasteiger charge is -2.26. The zero-order valence-electron chi connectivity index (χ0n) is 18.1. The zero-order chi connectivity index (χ0) is 23.7. The van der Waals surface area contributed by atoms with Crippen molar-refractivity contribution in [2.24, 2.45) is 0 Å². The van der Waals surface area contributed by atoms with E-state index in [1.807, 2.05) is 32.0 Å². The van der Waals surface area contributed by atoms with E-state index in [-0.39, 0.29) is 17.0 Å². The highest BCUT2D eigenvalue weighted by atomic mass is 79.9. The van der Waals surface area contributed by atoms with E-state index in [4.69, 9.17) is 0 Å². The fraction of sp³-hybridized carbons (Fsp3) is 0.115. The van der Waals surface area contributed by atoms with Crippen LogP contribution in [0.15, 0.2) is 70.7 Å². The second-order valence-corrected chi connectivity index (χ2v) is 8.91. The van der Waals surface area contributed by atoms with Crippen LogP contribution in [0.4, 0.5) is 10.5 Å². The summed E-state index contributed by atoms with van der Waals surface area (Å²) in [6, 6.07) is 16.8. The van der Waals surface area contributed by atoms with Crippen LogP contribution in [0.2, 0.25) is 0 Å². The van der Waals surface area contributed by atoms with Gasteiger partial charge in [0, 0.05) is 4.47 Å². The highest BCUT2D eigenvalue weighted by Gasteiger charge is 2.36. The highest BCUT2D eigenvalue weighted by molar-refractivity contribution is 9.10. The minimum absolute atomic E-state index is 0.000576. The van der Waals surface area contributed by atoms with Crippen molar-refractivity contribution < 1.29 is 19.5 Å². The summed E-state index contributed by atoms with van der Waals surface area (Å²) >= 11 is 3.46. The standard InChI is InChI=1S/C26H21BrN2O4/c1-15-9-16(2)11-17(10-15)12-18-3-4-20(27)13-19(18)14-23-24(31)28-26(33)29(25(23)32)21-5-7-22(30)8-6-21/h3-11,13-14,30H,12H2,1-2H3,(H,28,31,33)/b23-14+. The second-order valence-electron chi connectivity index (χ2n) is 7.99. The van der Waals surface area contributed by atoms with E-state index >= 15 is 0 Å². The molecule has 1 aliphatic rings. The topological polar surface area (TPSA) is 86.7 Å². The number of aryl methyl sites for hydroxylation is 2. The molecule has 0 bridgehead atoms. The second kappa shape index (κ2) is 9.03. The number of anilines is 1. The van der Waals surface area contributed by atoms with Gasteiger partial charge in [-0.15, -0.1) is 0 Å². The molecule has 0 aliphatic carbocycles. The molecule has 1 heterocycles. The molecule has 4 rings (SSSR count). The lowest BCUT2D eigenvalue weighted by Crippen LogP contribution is -2.54. The molecule has 1 fully saturated rings. The van der Waals surface area contributed by atoms with E-state index in [1.54, 1.807) is 0 Å². The molecule has 0 saturated carbocycles. The van der Waals surface area contributed by atoms with Crippen molar-refractivity contribution >= 4 is 45.5 Å². The first-order valence-electron chi connectivity index (χ1n) is 10.3.